The first kappa shape index (κ1) is 15.1. The number of halogens is 1. The second-order valence-electron chi connectivity index (χ2n) is 4.99. The van der Waals surface area contributed by atoms with Gasteiger partial charge in [-0.05, 0) is 31.7 Å². The molecule has 0 saturated carbocycles. The largest absolute Gasteiger partial charge is 0.385 e. The fraction of sp³-hybridized carbons (Fsp3) is 0.571. The minimum Gasteiger partial charge on any atom is -0.385 e. The van der Waals surface area contributed by atoms with E-state index in [0.717, 1.165) is 32.2 Å². The van der Waals surface area contributed by atoms with Crippen LogP contribution in [0, 0.1) is 10.1 Å². The van der Waals surface area contributed by atoms with Gasteiger partial charge in [0.1, 0.15) is 5.69 Å². The number of ether oxygens (including phenoxy) is 1. The Morgan fingerprint density at radius 3 is 3.00 bits per heavy atom. The molecule has 1 saturated heterocycles. The molecular weight excluding hydrogens is 280 g/mol. The zero-order valence-electron chi connectivity index (χ0n) is 11.5. The Hall–Kier alpha value is -1.33. The highest BCUT2D eigenvalue weighted by atomic mass is 35.5. The molecule has 0 bridgehead atoms. The Morgan fingerprint density at radius 2 is 2.30 bits per heavy atom. The van der Waals surface area contributed by atoms with E-state index in [1.54, 1.807) is 19.2 Å². The molecule has 110 valence electrons. The van der Waals surface area contributed by atoms with Crippen LogP contribution in [-0.2, 0) is 4.74 Å². The maximum atomic E-state index is 11.2. The first-order chi connectivity index (χ1) is 9.65. The minimum absolute atomic E-state index is 0.0850. The summed E-state index contributed by atoms with van der Waals surface area (Å²) >= 11 is 6.23. The monoisotopic (exact) mass is 298 g/mol. The summed E-state index contributed by atoms with van der Waals surface area (Å²) < 4.78 is 5.14. The molecule has 20 heavy (non-hydrogen) atoms. The van der Waals surface area contributed by atoms with Crippen molar-refractivity contribution in [2.45, 2.75) is 31.7 Å². The Labute approximate surface area is 123 Å². The first-order valence-electron chi connectivity index (χ1n) is 6.83. The fourth-order valence-electron chi connectivity index (χ4n) is 2.78. The van der Waals surface area contributed by atoms with Crippen LogP contribution in [0.2, 0.25) is 5.02 Å². The van der Waals surface area contributed by atoms with Crippen molar-refractivity contribution in [3.63, 3.8) is 0 Å². The van der Waals surface area contributed by atoms with E-state index in [0.29, 0.717) is 17.3 Å². The summed E-state index contributed by atoms with van der Waals surface area (Å²) in [5.74, 6) is 0. The van der Waals surface area contributed by atoms with Gasteiger partial charge in [-0.3, -0.25) is 10.1 Å². The van der Waals surface area contributed by atoms with Crippen LogP contribution in [0.25, 0.3) is 0 Å². The molecule has 2 rings (SSSR count). The average Bonchev–Trinajstić information content (AvgIpc) is 2.45. The van der Waals surface area contributed by atoms with Gasteiger partial charge in [-0.2, -0.15) is 0 Å². The van der Waals surface area contributed by atoms with Gasteiger partial charge >= 0.3 is 0 Å². The lowest BCUT2D eigenvalue weighted by molar-refractivity contribution is -0.384. The van der Waals surface area contributed by atoms with Crippen LogP contribution in [0.5, 0.6) is 0 Å². The van der Waals surface area contributed by atoms with Gasteiger partial charge in [0, 0.05) is 32.4 Å². The number of hydrogen-bond donors (Lipinski definition) is 0. The fourth-order valence-corrected chi connectivity index (χ4v) is 3.06. The molecule has 1 aliphatic rings. The van der Waals surface area contributed by atoms with Crippen molar-refractivity contribution >= 4 is 23.0 Å². The topological polar surface area (TPSA) is 55.6 Å². The lowest BCUT2D eigenvalue weighted by atomic mass is 9.98. The Kier molecular flexibility index (Phi) is 5.20. The third kappa shape index (κ3) is 3.22. The van der Waals surface area contributed by atoms with Crippen LogP contribution < -0.4 is 4.90 Å². The highest BCUT2D eigenvalue weighted by Gasteiger charge is 2.29. The summed E-state index contributed by atoms with van der Waals surface area (Å²) in [5.41, 5.74) is 0.641. The zero-order chi connectivity index (χ0) is 14.5. The molecule has 0 spiro atoms. The van der Waals surface area contributed by atoms with Crippen molar-refractivity contribution in [1.82, 2.24) is 0 Å². The second kappa shape index (κ2) is 6.90. The molecule has 1 unspecified atom stereocenters. The van der Waals surface area contributed by atoms with E-state index in [-0.39, 0.29) is 16.7 Å². The highest BCUT2D eigenvalue weighted by molar-refractivity contribution is 6.33. The number of benzene rings is 1. The number of hydrogen-bond acceptors (Lipinski definition) is 4. The van der Waals surface area contributed by atoms with Gasteiger partial charge in [0.05, 0.1) is 9.95 Å². The maximum Gasteiger partial charge on any atom is 0.294 e. The van der Waals surface area contributed by atoms with Crippen LogP contribution in [0.15, 0.2) is 18.2 Å². The van der Waals surface area contributed by atoms with E-state index in [4.69, 9.17) is 16.3 Å². The Morgan fingerprint density at radius 1 is 1.50 bits per heavy atom. The predicted octanol–water partition coefficient (Wildman–Crippen LogP) is 3.64. The van der Waals surface area contributed by atoms with Crippen molar-refractivity contribution in [3.05, 3.63) is 33.3 Å². The molecule has 0 aromatic heterocycles. The van der Waals surface area contributed by atoms with Crippen LogP contribution in [-0.4, -0.2) is 31.2 Å². The second-order valence-corrected chi connectivity index (χ2v) is 5.40. The van der Waals surface area contributed by atoms with Gasteiger partial charge in [-0.15, -0.1) is 0 Å². The normalized spacial score (nSPS) is 19.1. The third-order valence-electron chi connectivity index (χ3n) is 3.73. The molecule has 0 aliphatic carbocycles. The first-order valence-corrected chi connectivity index (χ1v) is 7.21. The van der Waals surface area contributed by atoms with Crippen LogP contribution in [0.1, 0.15) is 25.7 Å². The van der Waals surface area contributed by atoms with Gasteiger partial charge in [0.2, 0.25) is 0 Å². The van der Waals surface area contributed by atoms with Crippen molar-refractivity contribution in [2.24, 2.45) is 0 Å². The average molecular weight is 299 g/mol. The van der Waals surface area contributed by atoms with Gasteiger partial charge in [-0.1, -0.05) is 17.7 Å². The summed E-state index contributed by atoms with van der Waals surface area (Å²) in [6.07, 6.45) is 4.06. The Balaban J connectivity index is 2.34. The van der Waals surface area contributed by atoms with Crippen molar-refractivity contribution < 1.29 is 9.66 Å². The van der Waals surface area contributed by atoms with Crippen LogP contribution >= 0.6 is 11.6 Å². The molecule has 1 atom stereocenters. The number of anilines is 1. The van der Waals surface area contributed by atoms with Gasteiger partial charge in [-0.25, -0.2) is 0 Å². The zero-order valence-corrected chi connectivity index (χ0v) is 12.3. The van der Waals surface area contributed by atoms with Gasteiger partial charge < -0.3 is 9.64 Å². The maximum absolute atomic E-state index is 11.2. The van der Waals surface area contributed by atoms with Crippen molar-refractivity contribution in [2.75, 3.05) is 25.2 Å². The summed E-state index contributed by atoms with van der Waals surface area (Å²) in [7, 11) is 1.67. The minimum atomic E-state index is -0.358. The summed E-state index contributed by atoms with van der Waals surface area (Å²) in [5, 5.41) is 11.7. The lowest BCUT2D eigenvalue weighted by Gasteiger charge is -2.37. The molecule has 1 aromatic carbocycles. The van der Waals surface area contributed by atoms with E-state index in [1.807, 2.05) is 0 Å². The van der Waals surface area contributed by atoms with Crippen molar-refractivity contribution in [1.29, 1.82) is 0 Å². The summed E-state index contributed by atoms with van der Waals surface area (Å²) in [6.45, 7) is 1.46. The van der Waals surface area contributed by atoms with Gasteiger partial charge in [0.15, 0.2) is 0 Å². The molecule has 0 amide bonds. The SMILES string of the molecule is COCCC1CCCCN1c1c(Cl)cccc1[N+](=O)[O-]. The van der Waals surface area contributed by atoms with E-state index < -0.39 is 0 Å². The molecule has 1 aliphatic heterocycles. The molecule has 1 fully saturated rings. The number of methoxy groups -OCH3 is 1. The molecule has 0 radical (unpaired) electrons. The van der Waals surface area contributed by atoms with E-state index in [1.165, 1.54) is 6.07 Å². The van der Waals surface area contributed by atoms with Crippen LogP contribution in [0.3, 0.4) is 0 Å². The van der Waals surface area contributed by atoms with Crippen molar-refractivity contribution in [3.8, 4) is 0 Å². The summed E-state index contributed by atoms with van der Waals surface area (Å²) in [6, 6.07) is 5.11. The predicted molar refractivity (Wildman–Crippen MR) is 79.6 cm³/mol. The van der Waals surface area contributed by atoms with E-state index in [9.17, 15) is 10.1 Å². The lowest BCUT2D eigenvalue weighted by Crippen LogP contribution is -2.40. The number of piperidine rings is 1. The quantitative estimate of drug-likeness (QED) is 0.615. The molecular formula is C14H19ClN2O3. The molecule has 5 nitrogen and oxygen atoms in total. The third-order valence-corrected chi connectivity index (χ3v) is 4.04. The standard InChI is InChI=1S/C14H19ClN2O3/c1-20-10-8-11-5-2-3-9-16(11)14-12(15)6-4-7-13(14)17(18)19/h4,6-7,11H,2-3,5,8-10H2,1H3. The number of rotatable bonds is 5. The molecule has 1 aromatic rings. The number of nitro benzene ring substituents is 1. The van der Waals surface area contributed by atoms with E-state index in [2.05, 4.69) is 4.90 Å². The number of nitrogens with zero attached hydrogens (tertiary/aromatic N) is 2. The highest BCUT2D eigenvalue weighted by Crippen LogP contribution is 2.39. The summed E-state index contributed by atoms with van der Waals surface area (Å²) in [4.78, 5) is 13.0. The number of para-hydroxylation sites is 1. The molecule has 0 N–H and O–H groups in total. The number of nitro groups is 1. The molecule has 1 heterocycles. The smallest absolute Gasteiger partial charge is 0.294 e. The van der Waals surface area contributed by atoms with E-state index >= 15 is 0 Å². The Bertz CT molecular complexity index is 481. The molecule has 6 heteroatoms. The van der Waals surface area contributed by atoms with Crippen LogP contribution in [0.4, 0.5) is 11.4 Å². The van der Waals surface area contributed by atoms with Gasteiger partial charge in [0.25, 0.3) is 5.69 Å².